The summed E-state index contributed by atoms with van der Waals surface area (Å²) in [6.45, 7) is 6.60. The SMILES string of the molecule is CC(C)(C)C1CC(c2ccc3nc(-c4ccc(S(C)(=O)=O)cc4F)oc3c2)CCN1C(=O)O. The van der Waals surface area contributed by atoms with Crippen molar-refractivity contribution in [3.63, 3.8) is 0 Å². The van der Waals surface area contributed by atoms with Gasteiger partial charge in [-0.1, -0.05) is 26.8 Å². The number of nitrogens with zero attached hydrogens (tertiary/aromatic N) is 2. The van der Waals surface area contributed by atoms with Crippen LogP contribution in [0.4, 0.5) is 9.18 Å². The molecule has 1 aliphatic rings. The lowest BCUT2D eigenvalue weighted by molar-refractivity contribution is 0.0526. The molecule has 0 spiro atoms. The number of carbonyl (C=O) groups is 1. The molecule has 4 rings (SSSR count). The minimum absolute atomic E-state index is 0.0768. The van der Waals surface area contributed by atoms with Gasteiger partial charge in [0.2, 0.25) is 5.89 Å². The fourth-order valence-electron chi connectivity index (χ4n) is 4.53. The van der Waals surface area contributed by atoms with Crippen molar-refractivity contribution in [3.05, 3.63) is 47.8 Å². The van der Waals surface area contributed by atoms with Crippen LogP contribution in [0.1, 0.15) is 45.1 Å². The van der Waals surface area contributed by atoms with Crippen molar-refractivity contribution in [3.8, 4) is 11.5 Å². The lowest BCUT2D eigenvalue weighted by atomic mass is 9.75. The molecule has 1 aromatic heterocycles. The molecule has 7 nitrogen and oxygen atoms in total. The molecule has 1 N–H and O–H groups in total. The fourth-order valence-corrected chi connectivity index (χ4v) is 5.16. The number of rotatable bonds is 3. The number of likely N-dealkylation sites (tertiary alicyclic amines) is 1. The predicted octanol–water partition coefficient (Wildman–Crippen LogP) is 5.31. The summed E-state index contributed by atoms with van der Waals surface area (Å²) >= 11 is 0. The van der Waals surface area contributed by atoms with Crippen molar-refractivity contribution < 1.29 is 27.1 Å². The van der Waals surface area contributed by atoms with Crippen molar-refractivity contribution in [2.75, 3.05) is 12.8 Å². The van der Waals surface area contributed by atoms with E-state index in [1.54, 1.807) is 0 Å². The second-order valence-electron chi connectivity index (χ2n) is 9.74. The summed E-state index contributed by atoms with van der Waals surface area (Å²) < 4.78 is 43.8. The maximum Gasteiger partial charge on any atom is 0.407 e. The Hall–Kier alpha value is -2.94. The monoisotopic (exact) mass is 474 g/mol. The molecule has 1 aliphatic heterocycles. The van der Waals surface area contributed by atoms with Crippen LogP contribution in [-0.4, -0.2) is 48.3 Å². The average molecular weight is 475 g/mol. The molecule has 3 aromatic rings. The molecule has 1 fully saturated rings. The Kier molecular flexibility index (Phi) is 5.72. The molecular weight excluding hydrogens is 447 g/mol. The Labute approximate surface area is 192 Å². The minimum atomic E-state index is -3.52. The normalized spacial score (nSPS) is 19.7. The Balaban J connectivity index is 1.65. The second-order valence-corrected chi connectivity index (χ2v) is 11.8. The summed E-state index contributed by atoms with van der Waals surface area (Å²) in [5.74, 6) is -0.486. The number of fused-ring (bicyclic) bond motifs is 1. The zero-order valence-corrected chi connectivity index (χ0v) is 19.8. The maximum atomic E-state index is 14.6. The number of hydrogen-bond donors (Lipinski definition) is 1. The third-order valence-electron chi connectivity index (χ3n) is 6.33. The van der Waals surface area contributed by atoms with E-state index < -0.39 is 21.7 Å². The predicted molar refractivity (Wildman–Crippen MR) is 122 cm³/mol. The smallest absolute Gasteiger partial charge is 0.407 e. The summed E-state index contributed by atoms with van der Waals surface area (Å²) in [6, 6.07) is 9.19. The number of carboxylic acid groups (broad SMARTS) is 1. The van der Waals surface area contributed by atoms with E-state index in [1.165, 1.54) is 17.0 Å². The van der Waals surface area contributed by atoms with Crippen LogP contribution < -0.4 is 0 Å². The van der Waals surface area contributed by atoms with Crippen molar-refractivity contribution in [1.82, 2.24) is 9.88 Å². The summed E-state index contributed by atoms with van der Waals surface area (Å²) in [4.78, 5) is 17.5. The molecule has 9 heteroatoms. The van der Waals surface area contributed by atoms with Gasteiger partial charge in [0.05, 0.1) is 10.5 Å². The number of piperidine rings is 1. The highest BCUT2D eigenvalue weighted by Crippen LogP contribution is 2.40. The van der Waals surface area contributed by atoms with Gasteiger partial charge in [0.15, 0.2) is 15.4 Å². The van der Waals surface area contributed by atoms with Gasteiger partial charge in [0.1, 0.15) is 11.3 Å². The van der Waals surface area contributed by atoms with E-state index in [0.29, 0.717) is 30.5 Å². The average Bonchev–Trinajstić information content (AvgIpc) is 3.14. The zero-order valence-electron chi connectivity index (χ0n) is 19.0. The van der Waals surface area contributed by atoms with Crippen LogP contribution in [-0.2, 0) is 9.84 Å². The van der Waals surface area contributed by atoms with Crippen LogP contribution in [0.25, 0.3) is 22.6 Å². The number of benzene rings is 2. The van der Waals surface area contributed by atoms with Crippen LogP contribution in [0.3, 0.4) is 0 Å². The van der Waals surface area contributed by atoms with Gasteiger partial charge in [0, 0.05) is 18.8 Å². The lowest BCUT2D eigenvalue weighted by Crippen LogP contribution is -2.51. The molecule has 0 radical (unpaired) electrons. The Morgan fingerprint density at radius 2 is 1.94 bits per heavy atom. The number of oxazole rings is 1. The number of amides is 1. The summed E-state index contributed by atoms with van der Waals surface area (Å²) in [7, 11) is -3.52. The molecule has 176 valence electrons. The maximum absolute atomic E-state index is 14.6. The van der Waals surface area contributed by atoms with Gasteiger partial charge in [-0.3, -0.25) is 0 Å². The van der Waals surface area contributed by atoms with Crippen LogP contribution in [0.15, 0.2) is 45.7 Å². The van der Waals surface area contributed by atoms with Gasteiger partial charge in [-0.15, -0.1) is 0 Å². The van der Waals surface area contributed by atoms with Crippen LogP contribution in [0, 0.1) is 11.2 Å². The molecule has 0 bridgehead atoms. The Morgan fingerprint density at radius 1 is 1.21 bits per heavy atom. The molecule has 1 saturated heterocycles. The third-order valence-corrected chi connectivity index (χ3v) is 7.44. The van der Waals surface area contributed by atoms with Gasteiger partial charge in [-0.05, 0) is 60.1 Å². The fraction of sp³-hybridized carbons (Fsp3) is 0.417. The molecule has 2 heterocycles. The van der Waals surface area contributed by atoms with Crippen LogP contribution in [0.5, 0.6) is 0 Å². The van der Waals surface area contributed by atoms with Gasteiger partial charge >= 0.3 is 6.09 Å². The first-order chi connectivity index (χ1) is 15.3. The van der Waals surface area contributed by atoms with Crippen LogP contribution in [0.2, 0.25) is 0 Å². The Morgan fingerprint density at radius 3 is 2.55 bits per heavy atom. The first kappa shape index (κ1) is 23.2. The molecule has 1 amide bonds. The van der Waals surface area contributed by atoms with E-state index in [-0.39, 0.29) is 33.7 Å². The van der Waals surface area contributed by atoms with E-state index in [1.807, 2.05) is 39.0 Å². The van der Waals surface area contributed by atoms with Crippen molar-refractivity contribution in [2.24, 2.45) is 5.41 Å². The van der Waals surface area contributed by atoms with E-state index in [4.69, 9.17) is 4.42 Å². The Bertz CT molecular complexity index is 1330. The largest absolute Gasteiger partial charge is 0.465 e. The molecular formula is C24H27FN2O5S. The second kappa shape index (κ2) is 8.13. The number of sulfone groups is 1. The molecule has 0 saturated carbocycles. The molecule has 2 atom stereocenters. The number of aromatic nitrogens is 1. The van der Waals surface area contributed by atoms with E-state index in [2.05, 4.69) is 4.98 Å². The molecule has 33 heavy (non-hydrogen) atoms. The minimum Gasteiger partial charge on any atom is -0.465 e. The lowest BCUT2D eigenvalue weighted by Gasteiger charge is -2.44. The van der Waals surface area contributed by atoms with Crippen LogP contribution >= 0.6 is 0 Å². The van der Waals surface area contributed by atoms with E-state index in [9.17, 15) is 22.7 Å². The van der Waals surface area contributed by atoms with Crippen molar-refractivity contribution in [2.45, 2.75) is 50.5 Å². The third kappa shape index (κ3) is 4.59. The van der Waals surface area contributed by atoms with E-state index >= 15 is 0 Å². The van der Waals surface area contributed by atoms with Gasteiger partial charge < -0.3 is 14.4 Å². The molecule has 2 unspecified atom stereocenters. The number of halogens is 1. The number of hydrogen-bond acceptors (Lipinski definition) is 5. The van der Waals surface area contributed by atoms with Gasteiger partial charge in [-0.2, -0.15) is 0 Å². The highest BCUT2D eigenvalue weighted by molar-refractivity contribution is 7.90. The first-order valence-corrected chi connectivity index (χ1v) is 12.6. The summed E-state index contributed by atoms with van der Waals surface area (Å²) in [5, 5.41) is 9.60. The summed E-state index contributed by atoms with van der Waals surface area (Å²) in [5.41, 5.74) is 1.98. The molecule has 2 aromatic carbocycles. The topological polar surface area (TPSA) is 101 Å². The van der Waals surface area contributed by atoms with Gasteiger partial charge in [0.25, 0.3) is 0 Å². The summed E-state index contributed by atoms with van der Waals surface area (Å²) in [6.07, 6.45) is 1.53. The zero-order chi connectivity index (χ0) is 24.1. The van der Waals surface area contributed by atoms with E-state index in [0.717, 1.165) is 17.9 Å². The quantitative estimate of drug-likeness (QED) is 0.552. The first-order valence-electron chi connectivity index (χ1n) is 10.7. The standard InChI is InChI=1S/C24H27FN2O5S/c1-24(2,3)21-12-15(9-10-27(21)23(28)29)14-5-8-19-20(11-14)32-22(26-19)17-7-6-16(13-18(17)25)33(4,30)31/h5-8,11,13,15,21H,9-10,12H2,1-4H3,(H,28,29). The highest BCUT2D eigenvalue weighted by Gasteiger charge is 2.39. The van der Waals surface area contributed by atoms with Crippen molar-refractivity contribution in [1.29, 1.82) is 0 Å². The molecule has 0 aliphatic carbocycles. The van der Waals surface area contributed by atoms with Crippen molar-refractivity contribution >= 4 is 27.0 Å². The van der Waals surface area contributed by atoms with Gasteiger partial charge in [-0.25, -0.2) is 22.6 Å². The highest BCUT2D eigenvalue weighted by atomic mass is 32.2.